The van der Waals surface area contributed by atoms with Crippen LogP contribution in [0.15, 0.2) is 30.7 Å². The zero-order chi connectivity index (χ0) is 20.4. The minimum atomic E-state index is -0.258. The maximum absolute atomic E-state index is 12.3. The molecule has 0 amide bonds. The van der Waals surface area contributed by atoms with Gasteiger partial charge in [-0.15, -0.1) is 11.3 Å². The van der Waals surface area contributed by atoms with Gasteiger partial charge in [0.2, 0.25) is 0 Å². The van der Waals surface area contributed by atoms with E-state index in [0.29, 0.717) is 6.61 Å². The van der Waals surface area contributed by atoms with Gasteiger partial charge in [-0.25, -0.2) is 9.97 Å². The molecule has 1 aromatic carbocycles. The molecule has 0 radical (unpaired) electrons. The number of ether oxygens (including phenoxy) is 2. The van der Waals surface area contributed by atoms with Crippen molar-refractivity contribution in [3.05, 3.63) is 47.0 Å². The fourth-order valence-corrected chi connectivity index (χ4v) is 4.67. The molecule has 0 saturated carbocycles. The quantitative estimate of drug-likeness (QED) is 0.606. The number of rotatable bonds is 6. The SMILES string of the molecule is CCOC(=O)C1CCCc2sc(Nc3ccc(-n4cnc(C)c4)c(OC)c3)nc21. The molecule has 0 saturated heterocycles. The van der Waals surface area contributed by atoms with Gasteiger partial charge in [0, 0.05) is 22.8 Å². The number of hydrogen-bond acceptors (Lipinski definition) is 7. The van der Waals surface area contributed by atoms with E-state index >= 15 is 0 Å². The highest BCUT2D eigenvalue weighted by atomic mass is 32.1. The van der Waals surface area contributed by atoms with Crippen LogP contribution in [0, 0.1) is 6.92 Å². The van der Waals surface area contributed by atoms with E-state index in [-0.39, 0.29) is 11.9 Å². The average Bonchev–Trinajstić information content (AvgIpc) is 3.33. The van der Waals surface area contributed by atoms with Crippen molar-refractivity contribution < 1.29 is 14.3 Å². The van der Waals surface area contributed by atoms with Crippen molar-refractivity contribution in [3.63, 3.8) is 0 Å². The van der Waals surface area contributed by atoms with E-state index in [1.165, 1.54) is 0 Å². The van der Waals surface area contributed by atoms with Gasteiger partial charge in [0.1, 0.15) is 11.7 Å². The molecule has 4 rings (SSSR count). The summed E-state index contributed by atoms with van der Waals surface area (Å²) in [6.07, 6.45) is 6.44. The van der Waals surface area contributed by atoms with Crippen LogP contribution in [0.4, 0.5) is 10.8 Å². The van der Waals surface area contributed by atoms with Gasteiger partial charge in [0.25, 0.3) is 0 Å². The van der Waals surface area contributed by atoms with E-state index in [4.69, 9.17) is 14.5 Å². The molecule has 2 heterocycles. The lowest BCUT2D eigenvalue weighted by atomic mass is 9.91. The van der Waals surface area contributed by atoms with Crippen LogP contribution in [0.3, 0.4) is 0 Å². The van der Waals surface area contributed by atoms with E-state index in [1.54, 1.807) is 24.8 Å². The van der Waals surface area contributed by atoms with Gasteiger partial charge in [-0.3, -0.25) is 4.79 Å². The molecule has 1 aliphatic carbocycles. The average molecular weight is 413 g/mol. The highest BCUT2D eigenvalue weighted by molar-refractivity contribution is 7.15. The number of carbonyl (C=O) groups excluding carboxylic acids is 1. The number of esters is 1. The van der Waals surface area contributed by atoms with Crippen LogP contribution in [0.2, 0.25) is 0 Å². The summed E-state index contributed by atoms with van der Waals surface area (Å²) in [5.41, 5.74) is 3.60. The molecule has 1 unspecified atom stereocenters. The number of aryl methyl sites for hydroxylation is 2. The van der Waals surface area contributed by atoms with Gasteiger partial charge in [-0.2, -0.15) is 0 Å². The van der Waals surface area contributed by atoms with Crippen LogP contribution in [-0.4, -0.2) is 34.2 Å². The number of imidazole rings is 1. The third-order valence-corrected chi connectivity index (χ3v) is 5.99. The summed E-state index contributed by atoms with van der Waals surface area (Å²) >= 11 is 1.60. The van der Waals surface area contributed by atoms with Crippen LogP contribution in [0.25, 0.3) is 5.69 Å². The third kappa shape index (κ3) is 3.98. The van der Waals surface area contributed by atoms with E-state index in [0.717, 1.165) is 57.8 Å². The molecular weight excluding hydrogens is 388 g/mol. The fraction of sp³-hybridized carbons (Fsp3) is 0.381. The number of aromatic nitrogens is 3. The van der Waals surface area contributed by atoms with Gasteiger partial charge < -0.3 is 19.4 Å². The molecule has 29 heavy (non-hydrogen) atoms. The Bertz CT molecular complexity index is 1030. The summed E-state index contributed by atoms with van der Waals surface area (Å²) in [7, 11) is 1.65. The standard InChI is InChI=1S/C21H24N4O3S/c1-4-28-20(26)15-6-5-7-18-19(15)24-21(29-18)23-14-8-9-16(17(10-14)27-3)25-11-13(2)22-12-25/h8-12,15H,4-7H2,1-3H3,(H,23,24). The number of benzene rings is 1. The number of nitrogens with zero attached hydrogens (tertiary/aromatic N) is 3. The monoisotopic (exact) mass is 412 g/mol. The molecule has 0 fully saturated rings. The van der Waals surface area contributed by atoms with Gasteiger partial charge >= 0.3 is 5.97 Å². The summed E-state index contributed by atoms with van der Waals surface area (Å²) in [5.74, 6) is 0.303. The van der Waals surface area contributed by atoms with Crippen LogP contribution >= 0.6 is 11.3 Å². The molecule has 3 aromatic rings. The molecule has 152 valence electrons. The Morgan fingerprint density at radius 3 is 3.00 bits per heavy atom. The van der Waals surface area contributed by atoms with Crippen molar-refractivity contribution in [2.75, 3.05) is 19.0 Å². The predicted molar refractivity (Wildman–Crippen MR) is 113 cm³/mol. The van der Waals surface area contributed by atoms with E-state index in [2.05, 4.69) is 10.3 Å². The van der Waals surface area contributed by atoms with Gasteiger partial charge in [-0.05, 0) is 45.2 Å². The van der Waals surface area contributed by atoms with Crippen LogP contribution < -0.4 is 10.1 Å². The van der Waals surface area contributed by atoms with Crippen molar-refractivity contribution in [2.24, 2.45) is 0 Å². The molecule has 1 atom stereocenters. The number of nitrogens with one attached hydrogen (secondary N) is 1. The lowest BCUT2D eigenvalue weighted by molar-refractivity contribution is -0.145. The Morgan fingerprint density at radius 2 is 2.28 bits per heavy atom. The van der Waals surface area contributed by atoms with Crippen molar-refractivity contribution in [1.29, 1.82) is 0 Å². The molecule has 2 aromatic heterocycles. The summed E-state index contributed by atoms with van der Waals surface area (Å²) in [4.78, 5) is 22.4. The van der Waals surface area contributed by atoms with E-state index in [1.807, 2.05) is 42.8 Å². The van der Waals surface area contributed by atoms with Gasteiger partial charge in [-0.1, -0.05) is 0 Å². The summed E-state index contributed by atoms with van der Waals surface area (Å²) in [6.45, 7) is 4.17. The summed E-state index contributed by atoms with van der Waals surface area (Å²) < 4.78 is 12.7. The molecule has 1 aliphatic rings. The molecule has 1 N–H and O–H groups in total. The minimum Gasteiger partial charge on any atom is -0.494 e. The highest BCUT2D eigenvalue weighted by Gasteiger charge is 2.31. The van der Waals surface area contributed by atoms with Crippen molar-refractivity contribution >= 4 is 28.1 Å². The number of fused-ring (bicyclic) bond motifs is 1. The van der Waals surface area contributed by atoms with Crippen LogP contribution in [0.1, 0.15) is 41.9 Å². The number of thiazole rings is 1. The van der Waals surface area contributed by atoms with Crippen LogP contribution in [-0.2, 0) is 16.0 Å². The highest BCUT2D eigenvalue weighted by Crippen LogP contribution is 2.38. The molecule has 7 nitrogen and oxygen atoms in total. The Kier molecular flexibility index (Phi) is 5.53. The zero-order valence-corrected chi connectivity index (χ0v) is 17.6. The predicted octanol–water partition coefficient (Wildman–Crippen LogP) is 4.37. The Morgan fingerprint density at radius 1 is 1.41 bits per heavy atom. The molecule has 0 aliphatic heterocycles. The first kappa shape index (κ1) is 19.4. The second-order valence-electron chi connectivity index (χ2n) is 6.96. The topological polar surface area (TPSA) is 78.3 Å². The lowest BCUT2D eigenvalue weighted by Gasteiger charge is -2.19. The Balaban J connectivity index is 1.58. The van der Waals surface area contributed by atoms with Crippen molar-refractivity contribution in [3.8, 4) is 11.4 Å². The maximum Gasteiger partial charge on any atom is 0.315 e. The first-order valence-corrected chi connectivity index (χ1v) is 10.5. The van der Waals surface area contributed by atoms with Gasteiger partial charge in [0.05, 0.1) is 37.1 Å². The van der Waals surface area contributed by atoms with E-state index < -0.39 is 0 Å². The number of carbonyl (C=O) groups is 1. The third-order valence-electron chi connectivity index (χ3n) is 4.95. The second-order valence-corrected chi connectivity index (χ2v) is 8.04. The summed E-state index contributed by atoms with van der Waals surface area (Å²) in [6, 6.07) is 5.90. The zero-order valence-electron chi connectivity index (χ0n) is 16.8. The maximum atomic E-state index is 12.3. The molecule has 8 heteroatoms. The first-order chi connectivity index (χ1) is 14.1. The number of anilines is 2. The molecule has 0 bridgehead atoms. The van der Waals surface area contributed by atoms with Crippen molar-refractivity contribution in [2.45, 2.75) is 39.0 Å². The lowest BCUT2D eigenvalue weighted by Crippen LogP contribution is -2.20. The second kappa shape index (κ2) is 8.24. The smallest absolute Gasteiger partial charge is 0.315 e. The Hall–Kier alpha value is -2.87. The van der Waals surface area contributed by atoms with Crippen molar-refractivity contribution in [1.82, 2.24) is 14.5 Å². The summed E-state index contributed by atoms with van der Waals surface area (Å²) in [5, 5.41) is 4.14. The molecule has 0 spiro atoms. The minimum absolute atomic E-state index is 0.174. The molecular formula is C21H24N4O3S. The van der Waals surface area contributed by atoms with Crippen LogP contribution in [0.5, 0.6) is 5.75 Å². The number of methoxy groups -OCH3 is 1. The Labute approximate surface area is 173 Å². The first-order valence-electron chi connectivity index (χ1n) is 9.71. The van der Waals surface area contributed by atoms with E-state index in [9.17, 15) is 4.79 Å². The van der Waals surface area contributed by atoms with Gasteiger partial charge in [0.15, 0.2) is 5.13 Å². The number of hydrogen-bond donors (Lipinski definition) is 1. The largest absolute Gasteiger partial charge is 0.494 e. The normalized spacial score (nSPS) is 15.6. The fourth-order valence-electron chi connectivity index (χ4n) is 3.59.